The summed E-state index contributed by atoms with van der Waals surface area (Å²) in [6.45, 7) is 0. The first-order chi connectivity index (χ1) is 5.17. The number of hydrogen-bond donors (Lipinski definition) is 1. The maximum Gasteiger partial charge on any atom is 0.440 e. The lowest BCUT2D eigenvalue weighted by Crippen LogP contribution is -2.50. The Hall–Kier alpha value is -0.166. The molecular formula is C6H6ClFNSi2. The van der Waals surface area contributed by atoms with Crippen LogP contribution in [0, 0.1) is 0 Å². The van der Waals surface area contributed by atoms with Gasteiger partial charge in [0.15, 0.2) is 0 Å². The van der Waals surface area contributed by atoms with Gasteiger partial charge in [-0.15, -0.1) is 11.1 Å². The molecule has 0 aliphatic carbocycles. The zero-order valence-corrected chi connectivity index (χ0v) is 8.40. The van der Waals surface area contributed by atoms with Gasteiger partial charge in [0.05, 0.1) is 0 Å². The van der Waals surface area contributed by atoms with Gasteiger partial charge in [-0.2, -0.15) is 0 Å². The molecule has 0 heterocycles. The first kappa shape index (κ1) is 8.93. The predicted octanol–water partition coefficient (Wildman–Crippen LogP) is 0.714. The predicted molar refractivity (Wildman–Crippen MR) is 47.7 cm³/mol. The largest absolute Gasteiger partial charge is 0.440 e. The van der Waals surface area contributed by atoms with Gasteiger partial charge >= 0.3 is 7.88 Å². The minimum atomic E-state index is -3.42. The second kappa shape index (κ2) is 3.49. The highest BCUT2D eigenvalue weighted by atomic mass is 35.6. The third-order valence-electron chi connectivity index (χ3n) is 1.29. The summed E-state index contributed by atoms with van der Waals surface area (Å²) in [5, 5.41) is 0.511. The summed E-state index contributed by atoms with van der Waals surface area (Å²) in [6, 6.07) is 8.64. The number of benzene rings is 1. The number of hydrogen-bond acceptors (Lipinski definition) is 1. The Labute approximate surface area is 74.0 Å². The van der Waals surface area contributed by atoms with E-state index in [1.54, 1.807) is 24.3 Å². The molecule has 0 aliphatic heterocycles. The Bertz CT molecular complexity index is 229. The van der Waals surface area contributed by atoms with Crippen molar-refractivity contribution in [2.75, 3.05) is 0 Å². The van der Waals surface area contributed by atoms with Gasteiger partial charge in [0.2, 0.25) is 0 Å². The molecule has 1 aromatic carbocycles. The fourth-order valence-corrected chi connectivity index (χ4v) is 2.29. The van der Waals surface area contributed by atoms with Gasteiger partial charge in [0.1, 0.15) is 10.4 Å². The van der Waals surface area contributed by atoms with E-state index >= 15 is 0 Å². The smallest absolute Gasteiger partial charge is 0.322 e. The molecule has 57 valence electrons. The highest BCUT2D eigenvalue weighted by Gasteiger charge is 2.31. The second-order valence-electron chi connectivity index (χ2n) is 2.07. The van der Waals surface area contributed by atoms with E-state index in [0.717, 1.165) is 0 Å². The third-order valence-corrected chi connectivity index (χ3v) is 5.11. The lowest BCUT2D eigenvalue weighted by atomic mass is 10.4. The van der Waals surface area contributed by atoms with E-state index in [0.29, 0.717) is 5.19 Å². The van der Waals surface area contributed by atoms with Crippen LogP contribution in [-0.4, -0.2) is 18.3 Å². The lowest BCUT2D eigenvalue weighted by molar-refractivity contribution is 0.821. The molecule has 1 rings (SSSR count). The Kier molecular flexibility index (Phi) is 2.83. The van der Waals surface area contributed by atoms with Crippen LogP contribution in [0.2, 0.25) is 0 Å². The third kappa shape index (κ3) is 2.13. The fraction of sp³-hybridized carbons (Fsp3) is 0. The molecule has 1 N–H and O–H groups in total. The van der Waals surface area contributed by atoms with Crippen molar-refractivity contribution in [1.82, 2.24) is 4.65 Å². The molecule has 0 amide bonds. The summed E-state index contributed by atoms with van der Waals surface area (Å²) < 4.78 is 15.6. The first-order valence-corrected chi connectivity index (χ1v) is 6.43. The van der Waals surface area contributed by atoms with Crippen LogP contribution in [0.5, 0.6) is 0 Å². The molecular weight excluding hydrogens is 197 g/mol. The topological polar surface area (TPSA) is 12.0 Å². The number of nitrogens with one attached hydrogen (secondary N) is 1. The highest BCUT2D eigenvalue weighted by molar-refractivity contribution is 7.23. The highest BCUT2D eigenvalue weighted by Crippen LogP contribution is 2.05. The van der Waals surface area contributed by atoms with Crippen molar-refractivity contribution in [1.29, 1.82) is 0 Å². The van der Waals surface area contributed by atoms with Crippen molar-refractivity contribution in [2.45, 2.75) is 0 Å². The summed E-state index contributed by atoms with van der Waals surface area (Å²) in [5.41, 5.74) is 0. The zero-order valence-electron chi connectivity index (χ0n) is 5.64. The van der Waals surface area contributed by atoms with Crippen molar-refractivity contribution in [3.05, 3.63) is 30.3 Å². The molecule has 0 aliphatic rings. The van der Waals surface area contributed by atoms with Crippen LogP contribution in [0.3, 0.4) is 0 Å². The van der Waals surface area contributed by atoms with Crippen LogP contribution in [0.25, 0.3) is 0 Å². The summed E-state index contributed by atoms with van der Waals surface area (Å²) in [4.78, 5) is 0. The maximum absolute atomic E-state index is 13.3. The Morgan fingerprint density at radius 1 is 1.36 bits per heavy atom. The SMILES string of the molecule is F[Si](Cl)(N[Si])c1ccccc1. The van der Waals surface area contributed by atoms with Gasteiger partial charge in [0, 0.05) is 5.19 Å². The molecule has 11 heavy (non-hydrogen) atoms. The molecule has 1 atom stereocenters. The van der Waals surface area contributed by atoms with Crippen LogP contribution < -0.4 is 9.83 Å². The maximum atomic E-state index is 13.3. The van der Waals surface area contributed by atoms with Gasteiger partial charge in [0.25, 0.3) is 0 Å². The van der Waals surface area contributed by atoms with Gasteiger partial charge in [-0.05, 0) is 0 Å². The molecule has 0 saturated carbocycles. The Morgan fingerprint density at radius 3 is 2.36 bits per heavy atom. The standard InChI is InChI=1S/C6H6ClFNSi2/c7-11(8,9-10)6-4-2-1-3-5-6/h1-5,9H. The van der Waals surface area contributed by atoms with Crippen LogP contribution in [0.1, 0.15) is 0 Å². The van der Waals surface area contributed by atoms with Gasteiger partial charge in [-0.3, -0.25) is 4.11 Å². The van der Waals surface area contributed by atoms with E-state index in [2.05, 4.69) is 15.1 Å². The molecule has 0 spiro atoms. The average molecular weight is 203 g/mol. The summed E-state index contributed by atoms with van der Waals surface area (Å²) >= 11 is 5.56. The average Bonchev–Trinajstić information content (AvgIpc) is 2.06. The first-order valence-electron chi connectivity index (χ1n) is 3.04. The molecule has 1 unspecified atom stereocenters. The van der Waals surface area contributed by atoms with Crippen molar-refractivity contribution in [3.63, 3.8) is 0 Å². The minimum absolute atomic E-state index is 0.511. The van der Waals surface area contributed by atoms with E-state index < -0.39 is 7.88 Å². The van der Waals surface area contributed by atoms with E-state index in [-0.39, 0.29) is 0 Å². The molecule has 0 fully saturated rings. The molecule has 0 aromatic heterocycles. The second-order valence-corrected chi connectivity index (χ2v) is 6.35. The summed E-state index contributed by atoms with van der Waals surface area (Å²) in [6.07, 6.45) is 0. The Morgan fingerprint density at radius 2 is 1.91 bits per heavy atom. The summed E-state index contributed by atoms with van der Waals surface area (Å²) in [5.74, 6) is 0. The molecule has 1 aromatic rings. The number of halogens is 2. The molecule has 3 radical (unpaired) electrons. The molecule has 0 bridgehead atoms. The van der Waals surface area contributed by atoms with E-state index in [4.69, 9.17) is 11.1 Å². The van der Waals surface area contributed by atoms with Crippen LogP contribution in [0.4, 0.5) is 4.11 Å². The van der Waals surface area contributed by atoms with Crippen LogP contribution in [-0.2, 0) is 0 Å². The van der Waals surface area contributed by atoms with E-state index in [9.17, 15) is 4.11 Å². The van der Waals surface area contributed by atoms with Crippen LogP contribution >= 0.6 is 11.1 Å². The normalized spacial score (nSPS) is 15.9. The summed E-state index contributed by atoms with van der Waals surface area (Å²) in [7, 11) is -0.558. The van der Waals surface area contributed by atoms with Crippen molar-refractivity contribution >= 4 is 34.5 Å². The Balaban J connectivity index is 2.93. The van der Waals surface area contributed by atoms with Crippen molar-refractivity contribution < 1.29 is 4.11 Å². The number of rotatable bonds is 2. The van der Waals surface area contributed by atoms with E-state index in [1.807, 2.05) is 6.07 Å². The monoisotopic (exact) mass is 202 g/mol. The quantitative estimate of drug-likeness (QED) is 0.551. The van der Waals surface area contributed by atoms with Crippen LogP contribution in [0.15, 0.2) is 30.3 Å². The fourth-order valence-electron chi connectivity index (χ4n) is 0.720. The van der Waals surface area contributed by atoms with Gasteiger partial charge in [-0.1, -0.05) is 30.3 Å². The minimum Gasteiger partial charge on any atom is -0.322 e. The molecule has 1 nitrogen and oxygen atoms in total. The lowest BCUT2D eigenvalue weighted by Gasteiger charge is -2.12. The van der Waals surface area contributed by atoms with Gasteiger partial charge in [-0.25, -0.2) is 0 Å². The zero-order chi connectivity index (χ0) is 8.32. The van der Waals surface area contributed by atoms with Crippen molar-refractivity contribution in [2.24, 2.45) is 0 Å². The molecule has 0 saturated heterocycles. The van der Waals surface area contributed by atoms with Crippen molar-refractivity contribution in [3.8, 4) is 0 Å². The van der Waals surface area contributed by atoms with E-state index in [1.165, 1.54) is 0 Å². The van der Waals surface area contributed by atoms with Gasteiger partial charge < -0.3 is 4.65 Å². The molecule has 5 heteroatoms.